The van der Waals surface area contributed by atoms with Crippen molar-refractivity contribution in [2.75, 3.05) is 11.9 Å². The molecule has 0 saturated carbocycles. The van der Waals surface area contributed by atoms with Crippen molar-refractivity contribution >= 4 is 49.4 Å². The molecule has 0 unspecified atom stereocenters. The highest BCUT2D eigenvalue weighted by atomic mass is 79.9. The number of hydrogen-bond donors (Lipinski definition) is 2. The minimum Gasteiger partial charge on any atom is -0.493 e. The number of anilines is 1. The van der Waals surface area contributed by atoms with Crippen molar-refractivity contribution in [3.05, 3.63) is 92.4 Å². The third-order valence-corrected chi connectivity index (χ3v) is 5.79. The van der Waals surface area contributed by atoms with Crippen molar-refractivity contribution in [1.29, 1.82) is 0 Å². The average Bonchev–Trinajstić information content (AvgIpc) is 2.78. The number of carbonyl (C=O) groups is 2. The predicted molar refractivity (Wildman–Crippen MR) is 126 cm³/mol. The number of hydrogen-bond acceptors (Lipinski definition) is 4. The van der Waals surface area contributed by atoms with Crippen LogP contribution in [0.5, 0.6) is 5.75 Å². The van der Waals surface area contributed by atoms with E-state index in [-0.39, 0.29) is 11.8 Å². The molecule has 4 rings (SSSR count). The number of halogens is 2. The first kappa shape index (κ1) is 21.4. The highest BCUT2D eigenvalue weighted by Gasteiger charge is 2.36. The van der Waals surface area contributed by atoms with Crippen LogP contribution in [0.1, 0.15) is 39.4 Å². The molecule has 31 heavy (non-hydrogen) atoms. The maximum Gasteiger partial charge on any atom is 0.276 e. The fourth-order valence-corrected chi connectivity index (χ4v) is 4.13. The van der Waals surface area contributed by atoms with Crippen molar-refractivity contribution in [3.8, 4) is 5.75 Å². The van der Waals surface area contributed by atoms with Crippen LogP contribution in [0.15, 0.2) is 75.7 Å². The second kappa shape index (κ2) is 9.11. The molecule has 0 radical (unpaired) electrons. The summed E-state index contributed by atoms with van der Waals surface area (Å²) < 4.78 is 7.41. The molecule has 0 saturated heterocycles. The summed E-state index contributed by atoms with van der Waals surface area (Å²) in [4.78, 5) is 26.4. The maximum absolute atomic E-state index is 13.5. The van der Waals surface area contributed by atoms with Gasteiger partial charge in [-0.1, -0.05) is 50.1 Å². The fraction of sp³-hybridized carbons (Fsp3) is 0.130. The smallest absolute Gasteiger partial charge is 0.276 e. The van der Waals surface area contributed by atoms with E-state index in [9.17, 15) is 9.59 Å². The SMILES string of the molecule is CCOc1ccc(Br)cc1[C@H]1Nc2ccc(Br)cc2C(=O)N1NC(=O)c1ccccc1. The minimum atomic E-state index is -0.673. The molecular formula is C23H19Br2N3O3. The van der Waals surface area contributed by atoms with Gasteiger partial charge in [0.2, 0.25) is 0 Å². The standard InChI is InChI=1S/C23H19Br2N3O3/c1-2-31-20-11-9-16(25)13-18(20)21-26-19-10-8-15(24)12-17(19)23(30)28(21)27-22(29)14-6-4-3-5-7-14/h3-13,21,26H,2H2,1H3,(H,27,29)/t21-/m0/s1. The number of nitrogens with one attached hydrogen (secondary N) is 2. The molecule has 158 valence electrons. The Morgan fingerprint density at radius 2 is 1.77 bits per heavy atom. The van der Waals surface area contributed by atoms with E-state index in [1.54, 1.807) is 30.3 Å². The van der Waals surface area contributed by atoms with Crippen LogP contribution in [0.2, 0.25) is 0 Å². The van der Waals surface area contributed by atoms with E-state index in [0.717, 1.165) is 8.95 Å². The van der Waals surface area contributed by atoms with Crippen LogP contribution in [0.3, 0.4) is 0 Å². The number of ether oxygens (including phenoxy) is 1. The van der Waals surface area contributed by atoms with Gasteiger partial charge in [-0.25, -0.2) is 5.01 Å². The van der Waals surface area contributed by atoms with Crippen LogP contribution in [0.4, 0.5) is 5.69 Å². The monoisotopic (exact) mass is 543 g/mol. The zero-order valence-electron chi connectivity index (χ0n) is 16.6. The van der Waals surface area contributed by atoms with Gasteiger partial charge < -0.3 is 10.1 Å². The van der Waals surface area contributed by atoms with E-state index in [4.69, 9.17) is 4.74 Å². The molecule has 2 N–H and O–H groups in total. The Kier molecular flexibility index (Phi) is 6.29. The van der Waals surface area contributed by atoms with Gasteiger partial charge in [-0.2, -0.15) is 0 Å². The van der Waals surface area contributed by atoms with Gasteiger partial charge in [0.1, 0.15) is 5.75 Å². The molecule has 1 atom stereocenters. The molecule has 0 fully saturated rings. The number of carbonyl (C=O) groups excluding carboxylic acids is 2. The van der Waals surface area contributed by atoms with Crippen molar-refractivity contribution in [2.24, 2.45) is 0 Å². The van der Waals surface area contributed by atoms with Crippen LogP contribution in [-0.4, -0.2) is 23.4 Å². The van der Waals surface area contributed by atoms with Crippen molar-refractivity contribution in [1.82, 2.24) is 10.4 Å². The molecule has 3 aromatic rings. The fourth-order valence-electron chi connectivity index (χ4n) is 3.39. The molecule has 3 aromatic carbocycles. The second-order valence-corrected chi connectivity index (χ2v) is 8.67. The highest BCUT2D eigenvalue weighted by Crippen LogP contribution is 2.38. The second-order valence-electron chi connectivity index (χ2n) is 6.83. The van der Waals surface area contributed by atoms with E-state index < -0.39 is 6.17 Å². The molecule has 0 aliphatic carbocycles. The van der Waals surface area contributed by atoms with Gasteiger partial charge in [0.15, 0.2) is 6.17 Å². The summed E-state index contributed by atoms with van der Waals surface area (Å²) in [5.41, 5.74) is 5.07. The molecule has 8 heteroatoms. The Morgan fingerprint density at radius 1 is 1.06 bits per heavy atom. The van der Waals surface area contributed by atoms with Crippen molar-refractivity contribution in [2.45, 2.75) is 13.1 Å². The van der Waals surface area contributed by atoms with E-state index in [0.29, 0.717) is 34.7 Å². The topological polar surface area (TPSA) is 70.7 Å². The lowest BCUT2D eigenvalue weighted by molar-refractivity contribution is 0.0488. The molecule has 2 amide bonds. The van der Waals surface area contributed by atoms with Gasteiger partial charge in [0.05, 0.1) is 12.2 Å². The molecule has 1 heterocycles. The van der Waals surface area contributed by atoms with Crippen LogP contribution in [0, 0.1) is 0 Å². The van der Waals surface area contributed by atoms with Gasteiger partial charge in [0, 0.05) is 25.8 Å². The number of hydrazine groups is 1. The first-order valence-electron chi connectivity index (χ1n) is 9.66. The van der Waals surface area contributed by atoms with Crippen molar-refractivity contribution < 1.29 is 14.3 Å². The number of nitrogens with zero attached hydrogens (tertiary/aromatic N) is 1. The third kappa shape index (κ3) is 4.45. The summed E-state index contributed by atoms with van der Waals surface area (Å²) in [7, 11) is 0. The number of rotatable bonds is 5. The largest absolute Gasteiger partial charge is 0.493 e. The third-order valence-electron chi connectivity index (χ3n) is 4.81. The Balaban J connectivity index is 1.79. The summed E-state index contributed by atoms with van der Waals surface area (Å²) >= 11 is 6.91. The lowest BCUT2D eigenvalue weighted by Crippen LogP contribution is -2.53. The maximum atomic E-state index is 13.5. The summed E-state index contributed by atoms with van der Waals surface area (Å²) in [6.45, 7) is 2.36. The normalized spacial score (nSPS) is 15.1. The zero-order chi connectivity index (χ0) is 22.0. The lowest BCUT2D eigenvalue weighted by atomic mass is 10.0. The van der Waals surface area contributed by atoms with E-state index in [2.05, 4.69) is 42.6 Å². The van der Waals surface area contributed by atoms with Crippen LogP contribution in [0.25, 0.3) is 0 Å². The molecule has 0 spiro atoms. The molecule has 0 aromatic heterocycles. The average molecular weight is 545 g/mol. The summed E-state index contributed by atoms with van der Waals surface area (Å²) in [5.74, 6) is -0.0885. The summed E-state index contributed by atoms with van der Waals surface area (Å²) in [6.07, 6.45) is -0.673. The first-order chi connectivity index (χ1) is 15.0. The van der Waals surface area contributed by atoms with Crippen LogP contribution >= 0.6 is 31.9 Å². The Morgan fingerprint density at radius 3 is 2.52 bits per heavy atom. The quantitative estimate of drug-likeness (QED) is 0.443. The molecule has 1 aliphatic heterocycles. The van der Waals surface area contributed by atoms with Gasteiger partial charge in [-0.05, 0) is 55.5 Å². The van der Waals surface area contributed by atoms with Crippen LogP contribution in [-0.2, 0) is 0 Å². The van der Waals surface area contributed by atoms with Gasteiger partial charge >= 0.3 is 0 Å². The Labute approximate surface area is 196 Å². The minimum absolute atomic E-state index is 0.327. The molecule has 1 aliphatic rings. The number of benzene rings is 3. The summed E-state index contributed by atoms with van der Waals surface area (Å²) in [6, 6.07) is 19.8. The Bertz CT molecular complexity index is 1140. The zero-order valence-corrected chi connectivity index (χ0v) is 19.7. The highest BCUT2D eigenvalue weighted by molar-refractivity contribution is 9.10. The molecular weight excluding hydrogens is 526 g/mol. The van der Waals surface area contributed by atoms with E-state index in [1.165, 1.54) is 5.01 Å². The van der Waals surface area contributed by atoms with Crippen LogP contribution < -0.4 is 15.5 Å². The van der Waals surface area contributed by atoms with Gasteiger partial charge in [-0.3, -0.25) is 15.0 Å². The molecule has 6 nitrogen and oxygen atoms in total. The van der Waals surface area contributed by atoms with E-state index in [1.807, 2.05) is 43.3 Å². The first-order valence-corrected chi connectivity index (χ1v) is 11.2. The molecule has 0 bridgehead atoms. The van der Waals surface area contributed by atoms with Crippen molar-refractivity contribution in [3.63, 3.8) is 0 Å². The summed E-state index contributed by atoms with van der Waals surface area (Å²) in [5, 5.41) is 4.69. The van der Waals surface area contributed by atoms with Gasteiger partial charge in [0.25, 0.3) is 11.8 Å². The number of amides is 2. The van der Waals surface area contributed by atoms with E-state index >= 15 is 0 Å². The van der Waals surface area contributed by atoms with Gasteiger partial charge in [-0.15, -0.1) is 0 Å². The number of fused-ring (bicyclic) bond motifs is 1. The predicted octanol–water partition coefficient (Wildman–Crippen LogP) is 5.52. The Hall–Kier alpha value is -2.84. The lowest BCUT2D eigenvalue weighted by Gasteiger charge is -2.38.